The maximum absolute atomic E-state index is 12.3. The van der Waals surface area contributed by atoms with Gasteiger partial charge in [-0.2, -0.15) is 0 Å². The maximum atomic E-state index is 12.3. The lowest BCUT2D eigenvalue weighted by molar-refractivity contribution is 0.0857. The number of piperidine rings is 1. The van der Waals surface area contributed by atoms with Gasteiger partial charge < -0.3 is 14.7 Å². The Balaban J connectivity index is 1.47. The van der Waals surface area contributed by atoms with Crippen LogP contribution >= 0.6 is 0 Å². The average Bonchev–Trinajstić information content (AvgIpc) is 3.07. The average molecular weight is 319 g/mol. The Hall–Kier alpha value is -1.36. The highest BCUT2D eigenvalue weighted by Gasteiger charge is 2.27. The first-order chi connectivity index (χ1) is 11.1. The summed E-state index contributed by atoms with van der Waals surface area (Å²) in [4.78, 5) is 14.9. The fourth-order valence-electron chi connectivity index (χ4n) is 3.78. The van der Waals surface area contributed by atoms with Crippen molar-refractivity contribution in [2.45, 2.75) is 76.8 Å². The van der Waals surface area contributed by atoms with E-state index >= 15 is 0 Å². The van der Waals surface area contributed by atoms with E-state index in [4.69, 9.17) is 4.52 Å². The maximum Gasteiger partial charge on any atom is 0.273 e. The quantitative estimate of drug-likeness (QED) is 0.925. The van der Waals surface area contributed by atoms with Crippen molar-refractivity contribution in [3.8, 4) is 0 Å². The standard InChI is InChI=1S/C18H29N3O2/c1-13(2)17-12-16(20-23-17)18(22)19-14-8-10-21(11-9-14)15-6-4-3-5-7-15/h12-15H,3-11H2,1-2H3,(H,19,22). The number of likely N-dealkylation sites (tertiary alicyclic amines) is 1. The summed E-state index contributed by atoms with van der Waals surface area (Å²) in [5.41, 5.74) is 0.406. The van der Waals surface area contributed by atoms with Gasteiger partial charge in [0.05, 0.1) is 0 Å². The highest BCUT2D eigenvalue weighted by Crippen LogP contribution is 2.25. The van der Waals surface area contributed by atoms with Gasteiger partial charge in [0.2, 0.25) is 0 Å². The van der Waals surface area contributed by atoms with Crippen molar-refractivity contribution < 1.29 is 9.32 Å². The zero-order chi connectivity index (χ0) is 16.2. The van der Waals surface area contributed by atoms with Crippen LogP contribution in [0.2, 0.25) is 0 Å². The first-order valence-electron chi connectivity index (χ1n) is 9.15. The Morgan fingerprint density at radius 1 is 1.22 bits per heavy atom. The van der Waals surface area contributed by atoms with Crippen molar-refractivity contribution in [1.82, 2.24) is 15.4 Å². The van der Waals surface area contributed by atoms with Crippen LogP contribution < -0.4 is 5.32 Å². The van der Waals surface area contributed by atoms with Gasteiger partial charge in [0.15, 0.2) is 5.69 Å². The van der Waals surface area contributed by atoms with Gasteiger partial charge in [-0.25, -0.2) is 0 Å². The zero-order valence-corrected chi connectivity index (χ0v) is 14.4. The number of hydrogen-bond acceptors (Lipinski definition) is 4. The van der Waals surface area contributed by atoms with Gasteiger partial charge in [-0.1, -0.05) is 38.3 Å². The molecule has 1 saturated carbocycles. The molecule has 2 aliphatic rings. The van der Waals surface area contributed by atoms with E-state index in [1.165, 1.54) is 32.1 Å². The number of carbonyl (C=O) groups is 1. The van der Waals surface area contributed by atoms with E-state index in [-0.39, 0.29) is 17.9 Å². The SMILES string of the molecule is CC(C)c1cc(C(=O)NC2CCN(C3CCCCC3)CC2)no1. The third kappa shape index (κ3) is 4.14. The van der Waals surface area contributed by atoms with Crippen LogP contribution in [0.1, 0.15) is 81.0 Å². The molecule has 128 valence electrons. The van der Waals surface area contributed by atoms with E-state index in [9.17, 15) is 4.79 Å². The number of aromatic nitrogens is 1. The molecular formula is C18H29N3O2. The van der Waals surface area contributed by atoms with Gasteiger partial charge in [0.1, 0.15) is 5.76 Å². The van der Waals surface area contributed by atoms with Crippen molar-refractivity contribution in [1.29, 1.82) is 0 Å². The van der Waals surface area contributed by atoms with Crippen LogP contribution in [0.25, 0.3) is 0 Å². The molecule has 5 heteroatoms. The molecule has 0 atom stereocenters. The molecule has 1 aliphatic heterocycles. The second-order valence-corrected chi connectivity index (χ2v) is 7.34. The van der Waals surface area contributed by atoms with Crippen molar-refractivity contribution in [3.63, 3.8) is 0 Å². The molecular weight excluding hydrogens is 290 g/mol. The lowest BCUT2D eigenvalue weighted by Crippen LogP contribution is -2.48. The minimum atomic E-state index is -0.100. The van der Waals surface area contributed by atoms with Gasteiger partial charge in [-0.15, -0.1) is 0 Å². The van der Waals surface area contributed by atoms with Crippen molar-refractivity contribution in [2.75, 3.05) is 13.1 Å². The molecule has 0 unspecified atom stereocenters. The largest absolute Gasteiger partial charge is 0.360 e. The van der Waals surface area contributed by atoms with Crippen molar-refractivity contribution >= 4 is 5.91 Å². The number of amides is 1. The van der Waals surface area contributed by atoms with Crippen molar-refractivity contribution in [2.24, 2.45) is 0 Å². The molecule has 0 bridgehead atoms. The molecule has 3 rings (SSSR count). The number of rotatable bonds is 4. The zero-order valence-electron chi connectivity index (χ0n) is 14.4. The minimum absolute atomic E-state index is 0.100. The molecule has 23 heavy (non-hydrogen) atoms. The number of nitrogens with one attached hydrogen (secondary N) is 1. The first kappa shape index (κ1) is 16.5. The molecule has 0 aromatic carbocycles. The third-order valence-corrected chi connectivity index (χ3v) is 5.29. The minimum Gasteiger partial charge on any atom is -0.360 e. The van der Waals surface area contributed by atoms with Gasteiger partial charge in [0, 0.05) is 37.2 Å². The summed E-state index contributed by atoms with van der Waals surface area (Å²) < 4.78 is 5.21. The molecule has 0 spiro atoms. The summed E-state index contributed by atoms with van der Waals surface area (Å²) in [6, 6.07) is 2.81. The van der Waals surface area contributed by atoms with E-state index in [1.54, 1.807) is 6.07 Å². The Kier molecular flexibility index (Phi) is 5.36. The van der Waals surface area contributed by atoms with E-state index in [1.807, 2.05) is 13.8 Å². The smallest absolute Gasteiger partial charge is 0.273 e. The highest BCUT2D eigenvalue weighted by atomic mass is 16.5. The van der Waals surface area contributed by atoms with Gasteiger partial charge >= 0.3 is 0 Å². The molecule has 1 aromatic heterocycles. The summed E-state index contributed by atoms with van der Waals surface area (Å²) in [7, 11) is 0. The van der Waals surface area contributed by atoms with E-state index in [2.05, 4.69) is 15.4 Å². The molecule has 1 aromatic rings. The van der Waals surface area contributed by atoms with Gasteiger partial charge in [-0.05, 0) is 25.7 Å². The molecule has 1 amide bonds. The molecule has 0 radical (unpaired) electrons. The summed E-state index contributed by atoms with van der Waals surface area (Å²) >= 11 is 0. The lowest BCUT2D eigenvalue weighted by Gasteiger charge is -2.39. The Morgan fingerprint density at radius 3 is 2.52 bits per heavy atom. The van der Waals surface area contributed by atoms with Crippen LogP contribution in [0.15, 0.2) is 10.6 Å². The van der Waals surface area contributed by atoms with E-state index in [0.29, 0.717) is 5.69 Å². The van der Waals surface area contributed by atoms with Crippen LogP contribution in [0.5, 0.6) is 0 Å². The van der Waals surface area contributed by atoms with Gasteiger partial charge in [-0.3, -0.25) is 4.79 Å². The van der Waals surface area contributed by atoms with E-state index in [0.717, 1.165) is 37.7 Å². The van der Waals surface area contributed by atoms with Gasteiger partial charge in [0.25, 0.3) is 5.91 Å². The Labute approximate surface area is 138 Å². The fraction of sp³-hybridized carbons (Fsp3) is 0.778. The second-order valence-electron chi connectivity index (χ2n) is 7.34. The summed E-state index contributed by atoms with van der Waals surface area (Å²) in [6.07, 6.45) is 8.95. The molecule has 2 fully saturated rings. The fourth-order valence-corrected chi connectivity index (χ4v) is 3.78. The van der Waals surface area contributed by atoms with E-state index < -0.39 is 0 Å². The predicted molar refractivity (Wildman–Crippen MR) is 89.5 cm³/mol. The monoisotopic (exact) mass is 319 g/mol. The van der Waals surface area contributed by atoms with Crippen LogP contribution in [-0.2, 0) is 0 Å². The van der Waals surface area contributed by atoms with Crippen LogP contribution in [0, 0.1) is 0 Å². The number of nitrogens with zero attached hydrogens (tertiary/aromatic N) is 2. The lowest BCUT2D eigenvalue weighted by atomic mass is 9.92. The topological polar surface area (TPSA) is 58.4 Å². The first-order valence-corrected chi connectivity index (χ1v) is 9.15. The van der Waals surface area contributed by atoms with Crippen LogP contribution in [0.3, 0.4) is 0 Å². The molecule has 2 heterocycles. The normalized spacial score (nSPS) is 21.7. The molecule has 1 saturated heterocycles. The molecule has 1 aliphatic carbocycles. The second kappa shape index (κ2) is 7.47. The van der Waals surface area contributed by atoms with Crippen LogP contribution in [0.4, 0.5) is 0 Å². The number of hydrogen-bond donors (Lipinski definition) is 1. The highest BCUT2D eigenvalue weighted by molar-refractivity contribution is 5.92. The van der Waals surface area contributed by atoms with Crippen LogP contribution in [-0.4, -0.2) is 41.1 Å². The molecule has 1 N–H and O–H groups in total. The number of carbonyl (C=O) groups excluding carboxylic acids is 1. The summed E-state index contributed by atoms with van der Waals surface area (Å²) in [6.45, 7) is 6.27. The van der Waals surface area contributed by atoms with Crippen molar-refractivity contribution in [3.05, 3.63) is 17.5 Å². The summed E-state index contributed by atoms with van der Waals surface area (Å²) in [5, 5.41) is 7.02. The Bertz CT molecular complexity index is 512. The summed E-state index contributed by atoms with van der Waals surface area (Å²) in [5.74, 6) is 0.918. The Morgan fingerprint density at radius 2 is 1.91 bits per heavy atom. The molecule has 5 nitrogen and oxygen atoms in total. The predicted octanol–water partition coefficient (Wildman–Crippen LogP) is 3.32. The third-order valence-electron chi connectivity index (χ3n) is 5.29.